The summed E-state index contributed by atoms with van der Waals surface area (Å²) in [6.45, 7) is 9.28. The molecule has 0 heterocycles. The van der Waals surface area contributed by atoms with E-state index in [0.717, 1.165) is 30.5 Å². The van der Waals surface area contributed by atoms with Gasteiger partial charge in [0.15, 0.2) is 5.96 Å². The van der Waals surface area contributed by atoms with Crippen molar-refractivity contribution in [2.75, 3.05) is 39.6 Å². The molecule has 0 fully saturated rings. The summed E-state index contributed by atoms with van der Waals surface area (Å²) in [6.07, 6.45) is 2.11. The highest BCUT2D eigenvalue weighted by Gasteiger charge is 2.15. The Hall–Kier alpha value is -1.56. The Morgan fingerprint density at radius 1 is 1.26 bits per heavy atom. The Bertz CT molecular complexity index is 492. The molecule has 130 valence electrons. The third kappa shape index (κ3) is 8.02. The molecule has 1 aromatic carbocycles. The first-order valence-electron chi connectivity index (χ1n) is 7.85. The Kier molecular flexibility index (Phi) is 8.69. The number of methoxy groups -OCH3 is 1. The van der Waals surface area contributed by atoms with Gasteiger partial charge in [0, 0.05) is 17.4 Å². The SMILES string of the molecule is CCNC(=NCC(C)(C)SC)NCCOc1cccc(OC)c1. The lowest BCUT2D eigenvalue weighted by atomic mass is 10.2. The van der Waals surface area contributed by atoms with Crippen LogP contribution in [0.15, 0.2) is 29.3 Å². The third-order valence-corrected chi connectivity index (χ3v) is 4.45. The van der Waals surface area contributed by atoms with Crippen LogP contribution in [-0.2, 0) is 0 Å². The average Bonchev–Trinajstić information content (AvgIpc) is 2.56. The molecule has 0 aromatic heterocycles. The predicted molar refractivity (Wildman–Crippen MR) is 100 cm³/mol. The van der Waals surface area contributed by atoms with Crippen LogP contribution in [0.1, 0.15) is 20.8 Å². The molecule has 0 spiro atoms. The van der Waals surface area contributed by atoms with Crippen molar-refractivity contribution in [1.82, 2.24) is 10.6 Å². The lowest BCUT2D eigenvalue weighted by Crippen LogP contribution is -2.40. The molecular weight excluding hydrogens is 310 g/mol. The molecule has 0 atom stereocenters. The van der Waals surface area contributed by atoms with Gasteiger partial charge in [-0.3, -0.25) is 4.99 Å². The quantitative estimate of drug-likeness (QED) is 0.412. The van der Waals surface area contributed by atoms with Crippen molar-refractivity contribution in [1.29, 1.82) is 0 Å². The summed E-state index contributed by atoms with van der Waals surface area (Å²) in [5, 5.41) is 6.54. The van der Waals surface area contributed by atoms with E-state index < -0.39 is 0 Å². The second kappa shape index (κ2) is 10.3. The highest BCUT2D eigenvalue weighted by Crippen LogP contribution is 2.21. The largest absolute Gasteiger partial charge is 0.497 e. The van der Waals surface area contributed by atoms with Crippen molar-refractivity contribution in [3.8, 4) is 11.5 Å². The van der Waals surface area contributed by atoms with Gasteiger partial charge in [0.05, 0.1) is 20.2 Å². The summed E-state index contributed by atoms with van der Waals surface area (Å²) in [5.74, 6) is 2.42. The molecule has 0 saturated carbocycles. The second-order valence-corrected chi connectivity index (χ2v) is 7.13. The number of benzene rings is 1. The first-order valence-corrected chi connectivity index (χ1v) is 9.07. The van der Waals surface area contributed by atoms with Crippen LogP contribution >= 0.6 is 11.8 Å². The molecule has 0 saturated heterocycles. The number of thioether (sulfide) groups is 1. The van der Waals surface area contributed by atoms with Gasteiger partial charge in [-0.15, -0.1) is 0 Å². The van der Waals surface area contributed by atoms with Crippen molar-refractivity contribution in [3.05, 3.63) is 24.3 Å². The van der Waals surface area contributed by atoms with Crippen LogP contribution in [0.5, 0.6) is 11.5 Å². The van der Waals surface area contributed by atoms with Crippen molar-refractivity contribution >= 4 is 17.7 Å². The van der Waals surface area contributed by atoms with E-state index in [1.807, 2.05) is 36.0 Å². The number of nitrogens with one attached hydrogen (secondary N) is 2. The van der Waals surface area contributed by atoms with Crippen LogP contribution in [0.4, 0.5) is 0 Å². The Balaban J connectivity index is 2.41. The minimum Gasteiger partial charge on any atom is -0.497 e. The minimum absolute atomic E-state index is 0.138. The summed E-state index contributed by atoms with van der Waals surface area (Å²) in [4.78, 5) is 4.63. The Labute approximate surface area is 144 Å². The highest BCUT2D eigenvalue weighted by atomic mass is 32.2. The van der Waals surface area contributed by atoms with Gasteiger partial charge < -0.3 is 20.1 Å². The second-order valence-electron chi connectivity index (χ2n) is 5.61. The first-order chi connectivity index (χ1) is 11.0. The van der Waals surface area contributed by atoms with Crippen LogP contribution in [-0.4, -0.2) is 50.3 Å². The molecule has 0 bridgehead atoms. The fraction of sp³-hybridized carbons (Fsp3) is 0.588. The van der Waals surface area contributed by atoms with E-state index in [-0.39, 0.29) is 4.75 Å². The summed E-state index contributed by atoms with van der Waals surface area (Å²) >= 11 is 1.82. The molecule has 6 heteroatoms. The Morgan fingerprint density at radius 2 is 2.00 bits per heavy atom. The molecular formula is C17H29N3O2S. The summed E-state index contributed by atoms with van der Waals surface area (Å²) < 4.78 is 11.0. The normalized spacial score (nSPS) is 12.0. The number of hydrogen-bond donors (Lipinski definition) is 2. The molecule has 0 aliphatic heterocycles. The topological polar surface area (TPSA) is 54.9 Å². The van der Waals surface area contributed by atoms with Gasteiger partial charge in [0.1, 0.15) is 18.1 Å². The number of ether oxygens (including phenoxy) is 2. The molecule has 0 aliphatic rings. The Morgan fingerprint density at radius 3 is 2.65 bits per heavy atom. The standard InChI is InChI=1S/C17H29N3O2S/c1-6-18-16(20-13-17(2,3)23-5)19-10-11-22-15-9-7-8-14(12-15)21-4/h7-9,12H,6,10-11,13H2,1-5H3,(H2,18,19,20). The van der Waals surface area contributed by atoms with E-state index in [4.69, 9.17) is 9.47 Å². The van der Waals surface area contributed by atoms with E-state index in [2.05, 4.69) is 42.7 Å². The van der Waals surface area contributed by atoms with Gasteiger partial charge >= 0.3 is 0 Å². The van der Waals surface area contributed by atoms with Crippen LogP contribution in [0, 0.1) is 0 Å². The van der Waals surface area contributed by atoms with Gasteiger partial charge in [0.2, 0.25) is 0 Å². The van der Waals surface area contributed by atoms with Crippen LogP contribution in [0.25, 0.3) is 0 Å². The molecule has 0 radical (unpaired) electrons. The number of hydrogen-bond acceptors (Lipinski definition) is 4. The molecule has 0 amide bonds. The molecule has 1 rings (SSSR count). The molecule has 23 heavy (non-hydrogen) atoms. The minimum atomic E-state index is 0.138. The molecule has 5 nitrogen and oxygen atoms in total. The van der Waals surface area contributed by atoms with Gasteiger partial charge in [-0.25, -0.2) is 0 Å². The zero-order chi connectivity index (χ0) is 17.1. The number of guanidine groups is 1. The van der Waals surface area contributed by atoms with Crippen molar-refractivity contribution in [2.45, 2.75) is 25.5 Å². The average molecular weight is 340 g/mol. The van der Waals surface area contributed by atoms with Crippen molar-refractivity contribution < 1.29 is 9.47 Å². The number of rotatable bonds is 9. The van der Waals surface area contributed by atoms with Gasteiger partial charge in [0.25, 0.3) is 0 Å². The van der Waals surface area contributed by atoms with Gasteiger partial charge in [-0.05, 0) is 39.2 Å². The lowest BCUT2D eigenvalue weighted by Gasteiger charge is -2.20. The van der Waals surface area contributed by atoms with Crippen LogP contribution in [0.3, 0.4) is 0 Å². The van der Waals surface area contributed by atoms with Gasteiger partial charge in [-0.1, -0.05) is 6.07 Å². The smallest absolute Gasteiger partial charge is 0.191 e. The maximum atomic E-state index is 5.71. The maximum Gasteiger partial charge on any atom is 0.191 e. The van der Waals surface area contributed by atoms with Crippen LogP contribution < -0.4 is 20.1 Å². The van der Waals surface area contributed by atoms with Gasteiger partial charge in [-0.2, -0.15) is 11.8 Å². The maximum absolute atomic E-state index is 5.71. The summed E-state index contributed by atoms with van der Waals surface area (Å²) in [5.41, 5.74) is 0. The first kappa shape index (κ1) is 19.5. The van der Waals surface area contributed by atoms with E-state index in [9.17, 15) is 0 Å². The monoisotopic (exact) mass is 339 g/mol. The molecule has 0 unspecified atom stereocenters. The third-order valence-electron chi connectivity index (χ3n) is 3.22. The fourth-order valence-electron chi connectivity index (χ4n) is 1.71. The van der Waals surface area contributed by atoms with E-state index >= 15 is 0 Å². The summed E-state index contributed by atoms with van der Waals surface area (Å²) in [6, 6.07) is 7.61. The van der Waals surface area contributed by atoms with E-state index in [0.29, 0.717) is 13.2 Å². The molecule has 0 aliphatic carbocycles. The zero-order valence-electron chi connectivity index (χ0n) is 14.8. The predicted octanol–water partition coefficient (Wildman–Crippen LogP) is 2.77. The van der Waals surface area contributed by atoms with Crippen molar-refractivity contribution in [2.24, 2.45) is 4.99 Å². The fourth-order valence-corrected chi connectivity index (χ4v) is 1.90. The number of aliphatic imine (C=N–C) groups is 1. The lowest BCUT2D eigenvalue weighted by molar-refractivity contribution is 0.319. The van der Waals surface area contributed by atoms with E-state index in [1.54, 1.807) is 7.11 Å². The van der Waals surface area contributed by atoms with Crippen molar-refractivity contribution in [3.63, 3.8) is 0 Å². The van der Waals surface area contributed by atoms with E-state index in [1.165, 1.54) is 0 Å². The summed E-state index contributed by atoms with van der Waals surface area (Å²) in [7, 11) is 1.65. The molecule has 2 N–H and O–H groups in total. The van der Waals surface area contributed by atoms with Crippen LogP contribution in [0.2, 0.25) is 0 Å². The highest BCUT2D eigenvalue weighted by molar-refractivity contribution is 7.99. The molecule has 1 aromatic rings. The zero-order valence-corrected chi connectivity index (χ0v) is 15.6. The number of nitrogens with zero attached hydrogens (tertiary/aromatic N) is 1.